The van der Waals surface area contributed by atoms with E-state index in [1.54, 1.807) is 0 Å². The molecule has 2 N–H and O–H groups in total. The zero-order chi connectivity index (χ0) is 12.4. The summed E-state index contributed by atoms with van der Waals surface area (Å²) in [5, 5.41) is 3.87. The lowest BCUT2D eigenvalue weighted by atomic mass is 9.99. The molecule has 1 saturated heterocycles. The van der Waals surface area contributed by atoms with Crippen molar-refractivity contribution in [2.24, 2.45) is 11.7 Å². The number of hydrogen-bond acceptors (Lipinski definition) is 5. The largest absolute Gasteiger partial charge is 0.381 e. The summed E-state index contributed by atoms with van der Waals surface area (Å²) in [4.78, 5) is 4.35. The molecule has 0 bridgehead atoms. The quantitative estimate of drug-likeness (QED) is 0.871. The molecule has 1 fully saturated rings. The first-order chi connectivity index (χ1) is 8.88. The zero-order valence-corrected chi connectivity index (χ0v) is 10.0. The number of nitrogens with two attached hydrogens (primary N) is 1. The van der Waals surface area contributed by atoms with Gasteiger partial charge in [0.2, 0.25) is 5.89 Å². The fraction of sp³-hybridized carbons (Fsp3) is 0.500. The van der Waals surface area contributed by atoms with Crippen LogP contribution in [-0.4, -0.2) is 27.9 Å². The monoisotopic (exact) mass is 248 g/mol. The van der Waals surface area contributed by atoms with Gasteiger partial charge < -0.3 is 19.6 Å². The summed E-state index contributed by atoms with van der Waals surface area (Å²) in [5.74, 6) is 1.52. The SMILES string of the molecule is NCc1noc(C(C2CCOC2)n2cccc2)n1. The fourth-order valence-corrected chi connectivity index (χ4v) is 2.38. The van der Waals surface area contributed by atoms with E-state index in [1.807, 2.05) is 24.5 Å². The minimum atomic E-state index is 0.0373. The second-order valence-electron chi connectivity index (χ2n) is 4.45. The van der Waals surface area contributed by atoms with Crippen LogP contribution < -0.4 is 5.73 Å². The molecule has 2 unspecified atom stereocenters. The van der Waals surface area contributed by atoms with E-state index < -0.39 is 0 Å². The highest BCUT2D eigenvalue weighted by Crippen LogP contribution is 2.31. The Labute approximate surface area is 105 Å². The van der Waals surface area contributed by atoms with Crippen LogP contribution >= 0.6 is 0 Å². The Balaban J connectivity index is 1.93. The van der Waals surface area contributed by atoms with Crippen LogP contribution in [0, 0.1) is 5.92 Å². The Kier molecular flexibility index (Phi) is 3.12. The number of hydrogen-bond donors (Lipinski definition) is 1. The third kappa shape index (κ3) is 2.04. The molecule has 18 heavy (non-hydrogen) atoms. The van der Waals surface area contributed by atoms with Gasteiger partial charge in [-0.2, -0.15) is 4.98 Å². The summed E-state index contributed by atoms with van der Waals surface area (Å²) in [5.41, 5.74) is 5.52. The van der Waals surface area contributed by atoms with E-state index in [0.29, 0.717) is 24.2 Å². The summed E-state index contributed by atoms with van der Waals surface area (Å²) < 4.78 is 12.9. The van der Waals surface area contributed by atoms with Crippen LogP contribution in [0.1, 0.15) is 24.2 Å². The third-order valence-electron chi connectivity index (χ3n) is 3.28. The molecule has 0 radical (unpaired) electrons. The number of nitrogens with zero attached hydrogens (tertiary/aromatic N) is 3. The van der Waals surface area contributed by atoms with Crippen molar-refractivity contribution in [2.45, 2.75) is 19.0 Å². The molecule has 6 heteroatoms. The van der Waals surface area contributed by atoms with Crippen LogP contribution in [0.5, 0.6) is 0 Å². The minimum Gasteiger partial charge on any atom is -0.381 e. The van der Waals surface area contributed by atoms with Gasteiger partial charge in [-0.25, -0.2) is 0 Å². The van der Waals surface area contributed by atoms with Crippen LogP contribution in [0.4, 0.5) is 0 Å². The molecule has 3 rings (SSSR count). The second-order valence-corrected chi connectivity index (χ2v) is 4.45. The lowest BCUT2D eigenvalue weighted by Crippen LogP contribution is -2.20. The summed E-state index contributed by atoms with van der Waals surface area (Å²) in [7, 11) is 0. The molecule has 1 aliphatic heterocycles. The van der Waals surface area contributed by atoms with E-state index in [-0.39, 0.29) is 6.04 Å². The molecule has 3 heterocycles. The average molecular weight is 248 g/mol. The lowest BCUT2D eigenvalue weighted by molar-refractivity contribution is 0.171. The van der Waals surface area contributed by atoms with Gasteiger partial charge >= 0.3 is 0 Å². The van der Waals surface area contributed by atoms with E-state index in [9.17, 15) is 0 Å². The highest BCUT2D eigenvalue weighted by Gasteiger charge is 2.32. The van der Waals surface area contributed by atoms with Gasteiger partial charge in [-0.3, -0.25) is 0 Å². The van der Waals surface area contributed by atoms with Crippen LogP contribution in [-0.2, 0) is 11.3 Å². The molecule has 0 aliphatic carbocycles. The molecular formula is C12H16N4O2. The van der Waals surface area contributed by atoms with Gasteiger partial charge in [0.1, 0.15) is 6.04 Å². The predicted octanol–water partition coefficient (Wildman–Crippen LogP) is 0.956. The summed E-state index contributed by atoms with van der Waals surface area (Å²) in [6, 6.07) is 4.02. The van der Waals surface area contributed by atoms with Crippen molar-refractivity contribution in [1.29, 1.82) is 0 Å². The maximum Gasteiger partial charge on any atom is 0.250 e. The molecule has 0 aromatic carbocycles. The Bertz CT molecular complexity index is 488. The van der Waals surface area contributed by atoms with Gasteiger partial charge in [-0.05, 0) is 18.6 Å². The number of aromatic nitrogens is 3. The maximum atomic E-state index is 5.52. The first kappa shape index (κ1) is 11.4. The van der Waals surface area contributed by atoms with Gasteiger partial charge in [0, 0.05) is 24.9 Å². The summed E-state index contributed by atoms with van der Waals surface area (Å²) >= 11 is 0. The Morgan fingerprint density at radius 1 is 1.44 bits per heavy atom. The maximum absolute atomic E-state index is 5.52. The minimum absolute atomic E-state index is 0.0373. The van der Waals surface area contributed by atoms with Crippen LogP contribution in [0.2, 0.25) is 0 Å². The van der Waals surface area contributed by atoms with Gasteiger partial charge in [0.25, 0.3) is 0 Å². The van der Waals surface area contributed by atoms with Crippen molar-refractivity contribution < 1.29 is 9.26 Å². The normalized spacial score (nSPS) is 21.3. The third-order valence-corrected chi connectivity index (χ3v) is 3.28. The Morgan fingerprint density at radius 2 is 2.28 bits per heavy atom. The van der Waals surface area contributed by atoms with Crippen LogP contribution in [0.25, 0.3) is 0 Å². The first-order valence-corrected chi connectivity index (χ1v) is 6.11. The van der Waals surface area contributed by atoms with E-state index in [1.165, 1.54) is 0 Å². The van der Waals surface area contributed by atoms with E-state index in [4.69, 9.17) is 15.0 Å². The van der Waals surface area contributed by atoms with E-state index in [0.717, 1.165) is 19.6 Å². The summed E-state index contributed by atoms with van der Waals surface area (Å²) in [6.07, 6.45) is 5.02. The molecule has 0 saturated carbocycles. The highest BCUT2D eigenvalue weighted by molar-refractivity contribution is 5.04. The molecule has 6 nitrogen and oxygen atoms in total. The molecule has 2 aromatic rings. The lowest BCUT2D eigenvalue weighted by Gasteiger charge is -2.20. The van der Waals surface area contributed by atoms with Crippen LogP contribution in [0.15, 0.2) is 29.0 Å². The smallest absolute Gasteiger partial charge is 0.250 e. The van der Waals surface area contributed by atoms with E-state index >= 15 is 0 Å². The molecule has 2 atom stereocenters. The van der Waals surface area contributed by atoms with Crippen molar-refractivity contribution in [2.75, 3.05) is 13.2 Å². The fourth-order valence-electron chi connectivity index (χ4n) is 2.38. The van der Waals surface area contributed by atoms with Crippen LogP contribution in [0.3, 0.4) is 0 Å². The zero-order valence-electron chi connectivity index (χ0n) is 10.0. The van der Waals surface area contributed by atoms with Gasteiger partial charge in [0.05, 0.1) is 13.2 Å². The number of ether oxygens (including phenoxy) is 1. The second kappa shape index (κ2) is 4.91. The molecular weight excluding hydrogens is 232 g/mol. The molecule has 0 spiro atoms. The molecule has 2 aromatic heterocycles. The standard InChI is InChI=1S/C12H16N4O2/c13-7-10-14-12(18-15-10)11(9-3-6-17-8-9)16-4-1-2-5-16/h1-2,4-5,9,11H,3,6-8,13H2. The molecule has 96 valence electrons. The molecule has 0 amide bonds. The first-order valence-electron chi connectivity index (χ1n) is 6.11. The predicted molar refractivity (Wildman–Crippen MR) is 63.7 cm³/mol. The van der Waals surface area contributed by atoms with E-state index in [2.05, 4.69) is 14.7 Å². The van der Waals surface area contributed by atoms with Gasteiger partial charge in [-0.15, -0.1) is 0 Å². The number of rotatable bonds is 4. The van der Waals surface area contributed by atoms with Gasteiger partial charge in [-0.1, -0.05) is 5.16 Å². The van der Waals surface area contributed by atoms with Crippen molar-refractivity contribution >= 4 is 0 Å². The van der Waals surface area contributed by atoms with Gasteiger partial charge in [0.15, 0.2) is 5.82 Å². The van der Waals surface area contributed by atoms with Crippen molar-refractivity contribution in [3.05, 3.63) is 36.2 Å². The van der Waals surface area contributed by atoms with Crippen molar-refractivity contribution in [3.63, 3.8) is 0 Å². The van der Waals surface area contributed by atoms with Crippen molar-refractivity contribution in [1.82, 2.24) is 14.7 Å². The Hall–Kier alpha value is -1.66. The van der Waals surface area contributed by atoms with Crippen molar-refractivity contribution in [3.8, 4) is 0 Å². The summed E-state index contributed by atoms with van der Waals surface area (Å²) in [6.45, 7) is 1.81. The average Bonchev–Trinajstić information content (AvgIpc) is 3.13. The topological polar surface area (TPSA) is 79.1 Å². The Morgan fingerprint density at radius 3 is 2.89 bits per heavy atom. The highest BCUT2D eigenvalue weighted by atomic mass is 16.5. The molecule has 1 aliphatic rings.